The molecule has 0 atom stereocenters. The lowest BCUT2D eigenvalue weighted by molar-refractivity contribution is 0.400. The van der Waals surface area contributed by atoms with Crippen molar-refractivity contribution in [3.63, 3.8) is 0 Å². The first-order valence-electron chi connectivity index (χ1n) is 21.6. The Hall–Kier alpha value is -8.20. The number of fused-ring (bicyclic) bond motifs is 8. The molecule has 2 aliphatic heterocycles. The molecule has 0 saturated carbocycles. The molecular weight excluding hydrogens is 765 g/mol. The Kier molecular flexibility index (Phi) is 8.76. The smallest absolute Gasteiger partial charge is 0.140 e. The molecule has 0 aliphatic carbocycles. The van der Waals surface area contributed by atoms with E-state index in [0.29, 0.717) is 0 Å². The molecule has 2 aliphatic rings. The van der Waals surface area contributed by atoms with Gasteiger partial charge in [-0.2, -0.15) is 0 Å². The second-order valence-corrected chi connectivity index (χ2v) is 16.3. The molecular formula is C61H40O2. The van der Waals surface area contributed by atoms with Crippen molar-refractivity contribution in [2.45, 2.75) is 5.41 Å². The average molecular weight is 805 g/mol. The van der Waals surface area contributed by atoms with Gasteiger partial charge >= 0.3 is 0 Å². The van der Waals surface area contributed by atoms with Crippen LogP contribution in [0.2, 0.25) is 0 Å². The highest BCUT2D eigenvalue weighted by molar-refractivity contribution is 6.07. The second kappa shape index (κ2) is 15.1. The van der Waals surface area contributed by atoms with Crippen molar-refractivity contribution in [1.82, 2.24) is 0 Å². The molecule has 2 heteroatoms. The Balaban J connectivity index is 1.11. The molecule has 296 valence electrons. The lowest BCUT2D eigenvalue weighted by atomic mass is 9.62. The highest BCUT2D eigenvalue weighted by Crippen LogP contribution is 2.62. The first-order valence-corrected chi connectivity index (χ1v) is 21.6. The zero-order valence-electron chi connectivity index (χ0n) is 34.4. The van der Waals surface area contributed by atoms with E-state index in [4.69, 9.17) is 9.47 Å². The van der Waals surface area contributed by atoms with Crippen LogP contribution in [0.1, 0.15) is 22.3 Å². The molecule has 10 aromatic rings. The quantitative estimate of drug-likeness (QED) is 0.167. The average Bonchev–Trinajstić information content (AvgIpc) is 3.36. The molecule has 0 unspecified atom stereocenters. The monoisotopic (exact) mass is 804 g/mol. The van der Waals surface area contributed by atoms with Gasteiger partial charge in [-0.25, -0.2) is 0 Å². The van der Waals surface area contributed by atoms with E-state index in [0.717, 1.165) is 61.9 Å². The van der Waals surface area contributed by atoms with Crippen molar-refractivity contribution in [3.05, 3.63) is 265 Å². The summed E-state index contributed by atoms with van der Waals surface area (Å²) in [5, 5.41) is 0. The van der Waals surface area contributed by atoms with Gasteiger partial charge in [0, 0.05) is 27.8 Å². The van der Waals surface area contributed by atoms with Crippen LogP contribution in [0.4, 0.5) is 0 Å². The van der Waals surface area contributed by atoms with E-state index < -0.39 is 5.41 Å². The maximum atomic E-state index is 7.08. The Morgan fingerprint density at radius 3 is 1.06 bits per heavy atom. The predicted molar refractivity (Wildman–Crippen MR) is 258 cm³/mol. The van der Waals surface area contributed by atoms with Crippen LogP contribution in [-0.2, 0) is 5.41 Å². The van der Waals surface area contributed by atoms with Crippen molar-refractivity contribution in [3.8, 4) is 89.8 Å². The molecule has 0 aromatic heterocycles. The third-order valence-corrected chi connectivity index (χ3v) is 12.8. The molecule has 2 nitrogen and oxygen atoms in total. The minimum Gasteiger partial charge on any atom is -0.457 e. The van der Waals surface area contributed by atoms with Crippen molar-refractivity contribution in [2.75, 3.05) is 0 Å². The molecule has 0 bridgehead atoms. The van der Waals surface area contributed by atoms with E-state index in [2.05, 4.69) is 243 Å². The van der Waals surface area contributed by atoms with Crippen LogP contribution in [-0.4, -0.2) is 0 Å². The summed E-state index contributed by atoms with van der Waals surface area (Å²) >= 11 is 0. The van der Waals surface area contributed by atoms with E-state index in [1.807, 2.05) is 0 Å². The first-order chi connectivity index (χ1) is 31.3. The van der Waals surface area contributed by atoms with E-state index in [-0.39, 0.29) is 0 Å². The summed E-state index contributed by atoms with van der Waals surface area (Å²) in [6.07, 6.45) is 0. The number of rotatable bonds is 6. The van der Waals surface area contributed by atoms with E-state index in [9.17, 15) is 0 Å². The SMILES string of the molecule is c1ccc(-c2cc(-c3ccccc3)c(-c3ccccc3)c(-c3ccc(-c4cccc5c4Oc4ccccc4C54c5ccccc5Oc5ccccc54)cc3)c2-c2ccccc2)cc1. The molecule has 63 heavy (non-hydrogen) atoms. The summed E-state index contributed by atoms with van der Waals surface area (Å²) in [7, 11) is 0. The van der Waals surface area contributed by atoms with Crippen molar-refractivity contribution >= 4 is 0 Å². The van der Waals surface area contributed by atoms with Crippen LogP contribution >= 0.6 is 0 Å². The standard InChI is InChI=1S/C61H40O2/c1-5-20-41(21-6-1)48-40-49(42-22-7-2-8-23-42)58(45-26-11-4-12-27-45)59(57(48)44-24-9-3-10-25-44)46-38-36-43(37-39-46)47-28-19-32-53-60(47)63-56-35-18-15-31-52(56)61(53)50-29-13-16-33-54(50)62-55-34-17-14-30-51(55)61/h1-40H. The molecule has 10 aromatic carbocycles. The van der Waals surface area contributed by atoms with Crippen LogP contribution < -0.4 is 9.47 Å². The Morgan fingerprint density at radius 2 is 0.587 bits per heavy atom. The lowest BCUT2D eigenvalue weighted by Gasteiger charge is -2.45. The van der Waals surface area contributed by atoms with Crippen LogP contribution in [0, 0.1) is 0 Å². The molecule has 2 heterocycles. The number of ether oxygens (including phenoxy) is 2. The van der Waals surface area contributed by atoms with Gasteiger partial charge in [-0.15, -0.1) is 0 Å². The maximum Gasteiger partial charge on any atom is 0.140 e. The van der Waals surface area contributed by atoms with Gasteiger partial charge in [0.1, 0.15) is 23.0 Å². The molecule has 1 spiro atoms. The van der Waals surface area contributed by atoms with Crippen LogP contribution in [0.15, 0.2) is 243 Å². The third-order valence-electron chi connectivity index (χ3n) is 12.8. The highest BCUT2D eigenvalue weighted by Gasteiger charge is 2.50. The van der Waals surface area contributed by atoms with Crippen molar-refractivity contribution in [1.29, 1.82) is 0 Å². The fourth-order valence-corrected chi connectivity index (χ4v) is 10.2. The summed E-state index contributed by atoms with van der Waals surface area (Å²) in [4.78, 5) is 0. The normalized spacial score (nSPS) is 12.8. The van der Waals surface area contributed by atoms with E-state index in [1.54, 1.807) is 0 Å². The van der Waals surface area contributed by atoms with Crippen LogP contribution in [0.5, 0.6) is 23.0 Å². The number of hydrogen-bond acceptors (Lipinski definition) is 2. The van der Waals surface area contributed by atoms with Gasteiger partial charge in [0.05, 0.1) is 5.41 Å². The first kappa shape index (κ1) is 36.6. The van der Waals surface area contributed by atoms with Crippen LogP contribution in [0.3, 0.4) is 0 Å². The minimum atomic E-state index is -0.660. The van der Waals surface area contributed by atoms with Gasteiger partial charge in [-0.05, 0) is 85.5 Å². The topological polar surface area (TPSA) is 18.5 Å². The molecule has 0 saturated heterocycles. The Labute approximate surface area is 368 Å². The molecule has 12 rings (SSSR count). The van der Waals surface area contributed by atoms with Crippen molar-refractivity contribution < 1.29 is 9.47 Å². The summed E-state index contributed by atoms with van der Waals surface area (Å²) in [5.41, 5.74) is 17.6. The van der Waals surface area contributed by atoms with Crippen LogP contribution in [0.25, 0.3) is 66.8 Å². The Bertz CT molecular complexity index is 3140. The largest absolute Gasteiger partial charge is 0.457 e. The summed E-state index contributed by atoms with van der Waals surface area (Å²) in [5.74, 6) is 3.39. The van der Waals surface area contributed by atoms with Gasteiger partial charge < -0.3 is 9.47 Å². The summed E-state index contributed by atoms with van der Waals surface area (Å²) in [6.45, 7) is 0. The van der Waals surface area contributed by atoms with Gasteiger partial charge in [0.15, 0.2) is 0 Å². The zero-order chi connectivity index (χ0) is 41.7. The molecule has 0 fully saturated rings. The van der Waals surface area contributed by atoms with Crippen molar-refractivity contribution in [2.24, 2.45) is 0 Å². The highest BCUT2D eigenvalue weighted by atomic mass is 16.5. The fourth-order valence-electron chi connectivity index (χ4n) is 10.2. The van der Waals surface area contributed by atoms with E-state index >= 15 is 0 Å². The minimum absolute atomic E-state index is 0.660. The number of benzene rings is 10. The van der Waals surface area contributed by atoms with Gasteiger partial charge in [0.25, 0.3) is 0 Å². The molecule has 0 amide bonds. The lowest BCUT2D eigenvalue weighted by Crippen LogP contribution is -2.36. The fraction of sp³-hybridized carbons (Fsp3) is 0.0164. The van der Waals surface area contributed by atoms with Gasteiger partial charge in [0.2, 0.25) is 0 Å². The zero-order valence-corrected chi connectivity index (χ0v) is 34.4. The third kappa shape index (κ3) is 5.87. The number of para-hydroxylation sites is 4. The summed E-state index contributed by atoms with van der Waals surface area (Å²) < 4.78 is 13.7. The summed E-state index contributed by atoms with van der Waals surface area (Å²) in [6, 6.07) is 86.9. The molecule has 0 radical (unpaired) electrons. The predicted octanol–water partition coefficient (Wildman–Crippen LogP) is 16.3. The van der Waals surface area contributed by atoms with E-state index in [1.165, 1.54) is 50.1 Å². The Morgan fingerprint density at radius 1 is 0.238 bits per heavy atom. The number of hydrogen-bond donors (Lipinski definition) is 0. The maximum absolute atomic E-state index is 7.08. The van der Waals surface area contributed by atoms with Gasteiger partial charge in [-0.1, -0.05) is 218 Å². The molecule has 0 N–H and O–H groups in total. The van der Waals surface area contributed by atoms with Gasteiger partial charge in [-0.3, -0.25) is 0 Å². The second-order valence-electron chi connectivity index (χ2n) is 16.3.